The van der Waals surface area contributed by atoms with Crippen LogP contribution in [0.15, 0.2) is 24.3 Å². The minimum Gasteiger partial charge on any atom is -0.385 e. The number of amides is 2. The molecule has 1 heterocycles. The lowest BCUT2D eigenvalue weighted by Crippen LogP contribution is -2.35. The highest BCUT2D eigenvalue weighted by molar-refractivity contribution is 6.06. The van der Waals surface area contributed by atoms with E-state index in [9.17, 15) is 9.59 Å². The molecule has 6 heteroatoms. The van der Waals surface area contributed by atoms with E-state index in [0.29, 0.717) is 19.6 Å². The molecule has 1 fully saturated rings. The Labute approximate surface area is 131 Å². The maximum Gasteiger partial charge on any atom is 0.252 e. The van der Waals surface area contributed by atoms with Crippen LogP contribution >= 0.6 is 0 Å². The van der Waals surface area contributed by atoms with Crippen LogP contribution < -0.4 is 10.2 Å². The van der Waals surface area contributed by atoms with Crippen LogP contribution in [-0.2, 0) is 14.3 Å². The summed E-state index contributed by atoms with van der Waals surface area (Å²) < 4.78 is 4.96. The van der Waals surface area contributed by atoms with Gasteiger partial charge in [0.1, 0.15) is 6.04 Å². The Bertz CT molecular complexity index is 528. The van der Waals surface area contributed by atoms with Gasteiger partial charge in [0.2, 0.25) is 5.91 Å². The first-order chi connectivity index (χ1) is 10.5. The van der Waals surface area contributed by atoms with E-state index in [4.69, 9.17) is 4.74 Å². The van der Waals surface area contributed by atoms with Crippen molar-refractivity contribution in [2.75, 3.05) is 44.6 Å². The number of ether oxygens (including phenoxy) is 1. The van der Waals surface area contributed by atoms with Crippen molar-refractivity contribution < 1.29 is 14.3 Å². The molecule has 1 aromatic carbocycles. The summed E-state index contributed by atoms with van der Waals surface area (Å²) in [6.07, 6.45) is 0.874. The summed E-state index contributed by atoms with van der Waals surface area (Å²) in [6.45, 7) is 0.963. The topological polar surface area (TPSA) is 61.9 Å². The Morgan fingerprint density at radius 2 is 1.95 bits per heavy atom. The van der Waals surface area contributed by atoms with Gasteiger partial charge in [0.15, 0.2) is 0 Å². The summed E-state index contributed by atoms with van der Waals surface area (Å²) in [5.41, 5.74) is 1.93. The monoisotopic (exact) mass is 305 g/mol. The lowest BCUT2D eigenvalue weighted by Gasteiger charge is -2.17. The Kier molecular flexibility index (Phi) is 5.38. The van der Waals surface area contributed by atoms with Gasteiger partial charge in [-0.2, -0.15) is 0 Å². The second kappa shape index (κ2) is 7.26. The number of hydrogen-bond acceptors (Lipinski definition) is 5. The molecular formula is C16H23N3O3. The molecule has 1 aliphatic heterocycles. The number of anilines is 2. The zero-order chi connectivity index (χ0) is 16.1. The number of rotatable bonds is 7. The SMILES string of the molecule is COCCCN1C(=O)C[C@@H](Nc2ccc(N(C)C)cc2)C1=O. The molecular weight excluding hydrogens is 282 g/mol. The molecule has 1 N–H and O–H groups in total. The van der Waals surface area contributed by atoms with E-state index in [2.05, 4.69) is 5.32 Å². The zero-order valence-corrected chi connectivity index (χ0v) is 13.3. The van der Waals surface area contributed by atoms with Gasteiger partial charge >= 0.3 is 0 Å². The fraction of sp³-hybridized carbons (Fsp3) is 0.500. The van der Waals surface area contributed by atoms with E-state index in [-0.39, 0.29) is 18.2 Å². The van der Waals surface area contributed by atoms with Crippen LogP contribution in [0.2, 0.25) is 0 Å². The summed E-state index contributed by atoms with van der Waals surface area (Å²) >= 11 is 0. The van der Waals surface area contributed by atoms with E-state index in [1.807, 2.05) is 43.3 Å². The molecule has 1 saturated heterocycles. The van der Waals surface area contributed by atoms with Crippen LogP contribution in [-0.4, -0.2) is 57.1 Å². The third-order valence-corrected chi connectivity index (χ3v) is 3.70. The average Bonchev–Trinajstić information content (AvgIpc) is 2.75. The third-order valence-electron chi connectivity index (χ3n) is 3.70. The van der Waals surface area contributed by atoms with Crippen molar-refractivity contribution in [1.82, 2.24) is 4.90 Å². The summed E-state index contributed by atoms with van der Waals surface area (Å²) in [6, 6.07) is 7.31. The Balaban J connectivity index is 1.95. The first kappa shape index (κ1) is 16.3. The van der Waals surface area contributed by atoms with Crippen molar-refractivity contribution >= 4 is 23.2 Å². The number of imide groups is 1. The van der Waals surface area contributed by atoms with Gasteiger partial charge in [-0.1, -0.05) is 0 Å². The smallest absolute Gasteiger partial charge is 0.252 e. The molecule has 120 valence electrons. The molecule has 1 atom stereocenters. The predicted octanol–water partition coefficient (Wildman–Crippen LogP) is 1.33. The second-order valence-corrected chi connectivity index (χ2v) is 5.57. The second-order valence-electron chi connectivity index (χ2n) is 5.57. The van der Waals surface area contributed by atoms with Crippen LogP contribution in [0.25, 0.3) is 0 Å². The minimum absolute atomic E-state index is 0.122. The van der Waals surface area contributed by atoms with Crippen LogP contribution in [0.1, 0.15) is 12.8 Å². The van der Waals surface area contributed by atoms with Crippen LogP contribution in [0, 0.1) is 0 Å². The number of nitrogens with zero attached hydrogens (tertiary/aromatic N) is 2. The highest BCUT2D eigenvalue weighted by Crippen LogP contribution is 2.21. The van der Waals surface area contributed by atoms with E-state index < -0.39 is 6.04 Å². The first-order valence-electron chi connectivity index (χ1n) is 7.40. The molecule has 0 aromatic heterocycles. The summed E-state index contributed by atoms with van der Waals surface area (Å²) in [5, 5.41) is 3.15. The maximum atomic E-state index is 12.3. The number of methoxy groups -OCH3 is 1. The molecule has 1 aliphatic rings. The van der Waals surface area contributed by atoms with E-state index in [1.54, 1.807) is 7.11 Å². The number of carbonyl (C=O) groups excluding carboxylic acids is 2. The van der Waals surface area contributed by atoms with Crippen molar-refractivity contribution in [3.8, 4) is 0 Å². The fourth-order valence-corrected chi connectivity index (χ4v) is 2.45. The van der Waals surface area contributed by atoms with Crippen LogP contribution in [0.4, 0.5) is 11.4 Å². The molecule has 2 amide bonds. The molecule has 6 nitrogen and oxygen atoms in total. The summed E-state index contributed by atoms with van der Waals surface area (Å²) in [4.78, 5) is 27.6. The van der Waals surface area contributed by atoms with Gasteiger partial charge in [-0.3, -0.25) is 14.5 Å². The summed E-state index contributed by atoms with van der Waals surface area (Å²) in [5.74, 6) is -0.277. The van der Waals surface area contributed by atoms with Crippen LogP contribution in [0.3, 0.4) is 0 Å². The predicted molar refractivity (Wildman–Crippen MR) is 86.0 cm³/mol. The molecule has 22 heavy (non-hydrogen) atoms. The van der Waals surface area contributed by atoms with Crippen molar-refractivity contribution in [3.05, 3.63) is 24.3 Å². The number of nitrogens with one attached hydrogen (secondary N) is 1. The van der Waals surface area contributed by atoms with E-state index in [0.717, 1.165) is 11.4 Å². The Hall–Kier alpha value is -2.08. The van der Waals surface area contributed by atoms with Crippen molar-refractivity contribution in [3.63, 3.8) is 0 Å². The molecule has 0 saturated carbocycles. The van der Waals surface area contributed by atoms with Gasteiger partial charge in [0, 0.05) is 45.7 Å². The number of hydrogen-bond donors (Lipinski definition) is 1. The van der Waals surface area contributed by atoms with Crippen molar-refractivity contribution in [1.29, 1.82) is 0 Å². The van der Waals surface area contributed by atoms with Crippen LogP contribution in [0.5, 0.6) is 0 Å². The van der Waals surface area contributed by atoms with Gasteiger partial charge < -0.3 is 15.0 Å². The maximum absolute atomic E-state index is 12.3. The van der Waals surface area contributed by atoms with Gasteiger partial charge in [0.25, 0.3) is 5.91 Å². The minimum atomic E-state index is -0.472. The molecule has 0 bridgehead atoms. The van der Waals surface area contributed by atoms with E-state index in [1.165, 1.54) is 4.90 Å². The Morgan fingerprint density at radius 1 is 1.27 bits per heavy atom. The van der Waals surface area contributed by atoms with Gasteiger partial charge in [-0.25, -0.2) is 0 Å². The summed E-state index contributed by atoms with van der Waals surface area (Å²) in [7, 11) is 5.55. The van der Waals surface area contributed by atoms with Gasteiger partial charge in [-0.15, -0.1) is 0 Å². The number of benzene rings is 1. The van der Waals surface area contributed by atoms with Crippen molar-refractivity contribution in [2.24, 2.45) is 0 Å². The van der Waals surface area contributed by atoms with Crippen molar-refractivity contribution in [2.45, 2.75) is 18.9 Å². The highest BCUT2D eigenvalue weighted by Gasteiger charge is 2.37. The highest BCUT2D eigenvalue weighted by atomic mass is 16.5. The van der Waals surface area contributed by atoms with Gasteiger partial charge in [0.05, 0.1) is 6.42 Å². The quantitative estimate of drug-likeness (QED) is 0.608. The number of likely N-dealkylation sites (tertiary alicyclic amines) is 1. The molecule has 0 radical (unpaired) electrons. The lowest BCUT2D eigenvalue weighted by molar-refractivity contribution is -0.138. The fourth-order valence-electron chi connectivity index (χ4n) is 2.45. The molecule has 2 rings (SSSR count). The molecule has 0 spiro atoms. The molecule has 1 aromatic rings. The average molecular weight is 305 g/mol. The Morgan fingerprint density at radius 3 is 2.55 bits per heavy atom. The standard InChI is InChI=1S/C16H23N3O3/c1-18(2)13-7-5-12(6-8-13)17-14-11-15(20)19(16(14)21)9-4-10-22-3/h5-8,14,17H,4,9-11H2,1-3H3/t14-/m1/s1. The number of carbonyl (C=O) groups is 2. The van der Waals surface area contributed by atoms with E-state index >= 15 is 0 Å². The normalized spacial score (nSPS) is 18.0. The third kappa shape index (κ3) is 3.76. The zero-order valence-electron chi connectivity index (χ0n) is 13.3. The largest absolute Gasteiger partial charge is 0.385 e. The van der Waals surface area contributed by atoms with Gasteiger partial charge in [-0.05, 0) is 30.7 Å². The molecule has 0 unspecified atom stereocenters. The molecule has 0 aliphatic carbocycles. The first-order valence-corrected chi connectivity index (χ1v) is 7.40. The lowest BCUT2D eigenvalue weighted by atomic mass is 10.2.